The minimum absolute atomic E-state index is 0.0492. The van der Waals surface area contributed by atoms with E-state index in [0.29, 0.717) is 11.4 Å². The number of benzene rings is 1. The van der Waals surface area contributed by atoms with Crippen molar-refractivity contribution in [3.05, 3.63) is 53.6 Å². The summed E-state index contributed by atoms with van der Waals surface area (Å²) in [5, 5.41) is 2.62. The van der Waals surface area contributed by atoms with Crippen molar-refractivity contribution in [2.45, 2.75) is 6.92 Å². The molecule has 2 rings (SSSR count). The number of nitrogens with two attached hydrogens (primary N) is 1. The van der Waals surface area contributed by atoms with Gasteiger partial charge in [0.05, 0.1) is 11.8 Å². The number of nitrogen functional groups attached to an aromatic ring is 1. The molecule has 5 heteroatoms. The van der Waals surface area contributed by atoms with E-state index in [1.807, 2.05) is 6.92 Å². The zero-order valence-electron chi connectivity index (χ0n) is 9.77. The number of nitrogens with zero attached hydrogens (tertiary/aromatic N) is 1. The number of nitrogens with one attached hydrogen (secondary N) is 1. The fourth-order valence-electron chi connectivity index (χ4n) is 1.52. The van der Waals surface area contributed by atoms with Gasteiger partial charge >= 0.3 is 0 Å². The van der Waals surface area contributed by atoms with Crippen molar-refractivity contribution in [2.75, 3.05) is 11.1 Å². The zero-order chi connectivity index (χ0) is 13.1. The normalized spacial score (nSPS) is 10.1. The molecule has 2 aromatic rings. The summed E-state index contributed by atoms with van der Waals surface area (Å²) in [6.45, 7) is 1.83. The van der Waals surface area contributed by atoms with Crippen molar-refractivity contribution < 1.29 is 9.18 Å². The van der Waals surface area contributed by atoms with Crippen molar-refractivity contribution in [3.63, 3.8) is 0 Å². The van der Waals surface area contributed by atoms with Gasteiger partial charge in [0, 0.05) is 17.6 Å². The van der Waals surface area contributed by atoms with E-state index in [9.17, 15) is 9.18 Å². The molecule has 0 unspecified atom stereocenters. The predicted octanol–water partition coefficient (Wildman–Crippen LogP) is 2.36. The van der Waals surface area contributed by atoms with Gasteiger partial charge < -0.3 is 11.1 Å². The minimum Gasteiger partial charge on any atom is -0.399 e. The van der Waals surface area contributed by atoms with Gasteiger partial charge in [0.25, 0.3) is 5.91 Å². The molecule has 0 saturated carbocycles. The first kappa shape index (κ1) is 12.0. The SMILES string of the molecule is Cc1ccc(N)cc1NC(=O)c1ccncc1F. The number of pyridine rings is 1. The lowest BCUT2D eigenvalue weighted by Crippen LogP contribution is -2.14. The predicted molar refractivity (Wildman–Crippen MR) is 67.7 cm³/mol. The number of hydrogen-bond acceptors (Lipinski definition) is 3. The first-order valence-electron chi connectivity index (χ1n) is 5.35. The molecule has 0 bridgehead atoms. The Kier molecular flexibility index (Phi) is 3.23. The highest BCUT2D eigenvalue weighted by molar-refractivity contribution is 6.04. The van der Waals surface area contributed by atoms with Crippen LogP contribution in [0.3, 0.4) is 0 Å². The first-order chi connectivity index (χ1) is 8.58. The van der Waals surface area contributed by atoms with E-state index in [1.54, 1.807) is 18.2 Å². The monoisotopic (exact) mass is 245 g/mol. The number of amides is 1. The third-order valence-corrected chi connectivity index (χ3v) is 2.53. The van der Waals surface area contributed by atoms with Crippen LogP contribution in [-0.4, -0.2) is 10.9 Å². The number of aromatic nitrogens is 1. The molecule has 4 nitrogen and oxygen atoms in total. The molecule has 1 heterocycles. The van der Waals surface area contributed by atoms with Gasteiger partial charge in [0.1, 0.15) is 0 Å². The number of anilines is 2. The van der Waals surface area contributed by atoms with Gasteiger partial charge in [-0.05, 0) is 30.7 Å². The van der Waals surface area contributed by atoms with Gasteiger partial charge in [-0.2, -0.15) is 0 Å². The smallest absolute Gasteiger partial charge is 0.258 e. The quantitative estimate of drug-likeness (QED) is 0.798. The molecule has 18 heavy (non-hydrogen) atoms. The van der Waals surface area contributed by atoms with E-state index < -0.39 is 11.7 Å². The Morgan fingerprint density at radius 3 is 2.89 bits per heavy atom. The van der Waals surface area contributed by atoms with Crippen LogP contribution in [0.25, 0.3) is 0 Å². The number of hydrogen-bond donors (Lipinski definition) is 2. The summed E-state index contributed by atoms with van der Waals surface area (Å²) in [4.78, 5) is 15.5. The van der Waals surface area contributed by atoms with E-state index in [1.165, 1.54) is 12.3 Å². The summed E-state index contributed by atoms with van der Waals surface area (Å²) in [5.74, 6) is -1.18. The van der Waals surface area contributed by atoms with E-state index >= 15 is 0 Å². The number of rotatable bonds is 2. The van der Waals surface area contributed by atoms with Crippen LogP contribution in [0.1, 0.15) is 15.9 Å². The molecule has 3 N–H and O–H groups in total. The summed E-state index contributed by atoms with van der Waals surface area (Å²) in [6, 6.07) is 6.48. The Morgan fingerprint density at radius 1 is 1.39 bits per heavy atom. The van der Waals surface area contributed by atoms with Crippen LogP contribution in [0, 0.1) is 12.7 Å². The number of carbonyl (C=O) groups is 1. The molecule has 0 radical (unpaired) electrons. The summed E-state index contributed by atoms with van der Waals surface area (Å²) >= 11 is 0. The third-order valence-electron chi connectivity index (χ3n) is 2.53. The maximum atomic E-state index is 13.4. The summed E-state index contributed by atoms with van der Waals surface area (Å²) in [7, 11) is 0. The summed E-state index contributed by atoms with van der Waals surface area (Å²) < 4.78 is 13.4. The van der Waals surface area contributed by atoms with Crippen LogP contribution in [0.5, 0.6) is 0 Å². The second-order valence-corrected chi connectivity index (χ2v) is 3.88. The number of carbonyl (C=O) groups excluding carboxylic acids is 1. The second-order valence-electron chi connectivity index (χ2n) is 3.88. The van der Waals surface area contributed by atoms with Gasteiger partial charge in [-0.15, -0.1) is 0 Å². The maximum Gasteiger partial charge on any atom is 0.258 e. The topological polar surface area (TPSA) is 68.0 Å². The van der Waals surface area contributed by atoms with E-state index in [-0.39, 0.29) is 5.56 Å². The van der Waals surface area contributed by atoms with Crippen LogP contribution in [0.4, 0.5) is 15.8 Å². The van der Waals surface area contributed by atoms with Crippen molar-refractivity contribution in [2.24, 2.45) is 0 Å². The fourth-order valence-corrected chi connectivity index (χ4v) is 1.52. The highest BCUT2D eigenvalue weighted by atomic mass is 19.1. The Balaban J connectivity index is 2.27. The molecule has 92 valence electrons. The standard InChI is InChI=1S/C13H12FN3O/c1-8-2-3-9(15)6-12(8)17-13(18)10-4-5-16-7-11(10)14/h2-7H,15H2,1H3,(H,17,18). The second kappa shape index (κ2) is 4.83. The molecule has 0 spiro atoms. The Labute approximate surface area is 104 Å². The molecule has 1 amide bonds. The zero-order valence-corrected chi connectivity index (χ0v) is 9.77. The van der Waals surface area contributed by atoms with Gasteiger partial charge in [-0.1, -0.05) is 6.07 Å². The van der Waals surface area contributed by atoms with Crippen molar-refractivity contribution in [1.82, 2.24) is 4.98 Å². The highest BCUT2D eigenvalue weighted by Gasteiger charge is 2.12. The van der Waals surface area contributed by atoms with Crippen molar-refractivity contribution in [1.29, 1.82) is 0 Å². The van der Waals surface area contributed by atoms with Crippen LogP contribution in [0.15, 0.2) is 36.7 Å². The van der Waals surface area contributed by atoms with Gasteiger partial charge in [-0.25, -0.2) is 4.39 Å². The molecule has 0 aliphatic carbocycles. The largest absolute Gasteiger partial charge is 0.399 e. The first-order valence-corrected chi connectivity index (χ1v) is 5.35. The van der Waals surface area contributed by atoms with Crippen LogP contribution in [-0.2, 0) is 0 Å². The molecular weight excluding hydrogens is 233 g/mol. The Hall–Kier alpha value is -2.43. The molecule has 1 aromatic heterocycles. The average molecular weight is 245 g/mol. The average Bonchev–Trinajstić information content (AvgIpc) is 2.34. The molecule has 1 aromatic carbocycles. The lowest BCUT2D eigenvalue weighted by molar-refractivity contribution is 0.102. The molecule has 0 saturated heterocycles. The van der Waals surface area contributed by atoms with Crippen LogP contribution in [0.2, 0.25) is 0 Å². The van der Waals surface area contributed by atoms with Crippen LogP contribution >= 0.6 is 0 Å². The molecule has 0 fully saturated rings. The van der Waals surface area contributed by atoms with Crippen LogP contribution < -0.4 is 11.1 Å². The fraction of sp³-hybridized carbons (Fsp3) is 0.0769. The molecule has 0 aliphatic rings. The molecular formula is C13H12FN3O. The van der Waals surface area contributed by atoms with Crippen molar-refractivity contribution >= 4 is 17.3 Å². The van der Waals surface area contributed by atoms with Gasteiger partial charge in [0.15, 0.2) is 5.82 Å². The van der Waals surface area contributed by atoms with E-state index in [2.05, 4.69) is 10.3 Å². The van der Waals surface area contributed by atoms with E-state index in [0.717, 1.165) is 11.8 Å². The summed E-state index contributed by atoms with van der Waals surface area (Å²) in [6.07, 6.45) is 2.37. The minimum atomic E-state index is -0.656. The Morgan fingerprint density at radius 2 is 2.17 bits per heavy atom. The van der Waals surface area contributed by atoms with E-state index in [4.69, 9.17) is 5.73 Å². The lowest BCUT2D eigenvalue weighted by atomic mass is 10.1. The van der Waals surface area contributed by atoms with Gasteiger partial charge in [0.2, 0.25) is 0 Å². The van der Waals surface area contributed by atoms with Crippen molar-refractivity contribution in [3.8, 4) is 0 Å². The molecule has 0 aliphatic heterocycles. The lowest BCUT2D eigenvalue weighted by Gasteiger charge is -2.09. The Bertz CT molecular complexity index is 599. The number of halogens is 1. The van der Waals surface area contributed by atoms with Gasteiger partial charge in [-0.3, -0.25) is 9.78 Å². The number of aryl methyl sites for hydroxylation is 1. The summed E-state index contributed by atoms with van der Waals surface area (Å²) in [5.41, 5.74) is 7.54. The third kappa shape index (κ3) is 2.45. The molecule has 0 atom stereocenters. The maximum absolute atomic E-state index is 13.4. The highest BCUT2D eigenvalue weighted by Crippen LogP contribution is 2.19.